The number of ether oxygens (including phenoxy) is 1. The van der Waals surface area contributed by atoms with Crippen LogP contribution in [0.1, 0.15) is 30.1 Å². The van der Waals surface area contributed by atoms with Crippen molar-refractivity contribution < 1.29 is 18.7 Å². The lowest BCUT2D eigenvalue weighted by Crippen LogP contribution is -2.30. The Bertz CT molecular complexity index is 772. The molecule has 2 aromatic carbocycles. The number of hydrogen-bond donors (Lipinski definition) is 2. The minimum absolute atomic E-state index is 0.144. The number of carbonyl (C=O) groups is 2. The molecular weight excluding hydrogens is 323 g/mol. The summed E-state index contributed by atoms with van der Waals surface area (Å²) >= 11 is 0. The second-order valence-corrected chi connectivity index (χ2v) is 6.03. The molecular formula is C19H19FN2O3. The third kappa shape index (κ3) is 4.79. The van der Waals surface area contributed by atoms with Crippen LogP contribution in [0.25, 0.3) is 0 Å². The maximum Gasteiger partial charge on any atom is 0.265 e. The highest BCUT2D eigenvalue weighted by Gasteiger charge is 2.24. The standard InChI is InChI=1S/C19H19FN2O3/c1-12(25-17-9-5-14(20)6-10-17)18(23)22-16-4-2-3-13(11-16)19(24)21-15-7-8-15/h2-6,9-12,15H,7-8H2,1H3,(H,21,24)(H,22,23). The summed E-state index contributed by atoms with van der Waals surface area (Å²) in [5, 5.41) is 5.62. The molecule has 0 aliphatic heterocycles. The van der Waals surface area contributed by atoms with Crippen molar-refractivity contribution >= 4 is 17.5 Å². The van der Waals surface area contributed by atoms with Crippen LogP contribution in [0.3, 0.4) is 0 Å². The molecule has 2 aromatic rings. The van der Waals surface area contributed by atoms with E-state index in [1.807, 2.05) is 0 Å². The van der Waals surface area contributed by atoms with Gasteiger partial charge in [-0.1, -0.05) is 6.07 Å². The van der Waals surface area contributed by atoms with Gasteiger partial charge in [0.25, 0.3) is 11.8 Å². The molecule has 0 spiro atoms. The van der Waals surface area contributed by atoms with E-state index in [2.05, 4.69) is 10.6 Å². The Hall–Kier alpha value is -2.89. The number of nitrogens with one attached hydrogen (secondary N) is 2. The maximum absolute atomic E-state index is 12.9. The van der Waals surface area contributed by atoms with Crippen molar-refractivity contribution in [2.24, 2.45) is 0 Å². The highest BCUT2D eigenvalue weighted by molar-refractivity contribution is 5.98. The number of anilines is 1. The van der Waals surface area contributed by atoms with Crippen LogP contribution in [-0.4, -0.2) is 24.0 Å². The zero-order chi connectivity index (χ0) is 17.8. The van der Waals surface area contributed by atoms with Gasteiger partial charge < -0.3 is 15.4 Å². The van der Waals surface area contributed by atoms with Gasteiger partial charge in [0.15, 0.2) is 6.10 Å². The third-order valence-corrected chi connectivity index (χ3v) is 3.80. The van der Waals surface area contributed by atoms with Crippen LogP contribution >= 0.6 is 0 Å². The first-order valence-corrected chi connectivity index (χ1v) is 8.15. The van der Waals surface area contributed by atoms with Gasteiger partial charge in [0, 0.05) is 17.3 Å². The minimum atomic E-state index is -0.769. The molecule has 0 radical (unpaired) electrons. The van der Waals surface area contributed by atoms with Crippen molar-refractivity contribution in [1.82, 2.24) is 5.32 Å². The van der Waals surface area contributed by atoms with E-state index in [9.17, 15) is 14.0 Å². The van der Waals surface area contributed by atoms with Gasteiger partial charge in [-0.3, -0.25) is 9.59 Å². The molecule has 1 unspecified atom stereocenters. The smallest absolute Gasteiger partial charge is 0.265 e. The van der Waals surface area contributed by atoms with Crippen molar-refractivity contribution in [2.75, 3.05) is 5.32 Å². The van der Waals surface area contributed by atoms with Gasteiger partial charge in [-0.05, 0) is 62.2 Å². The molecule has 1 fully saturated rings. The van der Waals surface area contributed by atoms with Crippen molar-refractivity contribution in [3.63, 3.8) is 0 Å². The van der Waals surface area contributed by atoms with Crippen molar-refractivity contribution in [3.8, 4) is 5.75 Å². The lowest BCUT2D eigenvalue weighted by molar-refractivity contribution is -0.122. The second-order valence-electron chi connectivity index (χ2n) is 6.03. The molecule has 2 amide bonds. The summed E-state index contributed by atoms with van der Waals surface area (Å²) in [5.41, 5.74) is 1.01. The average Bonchev–Trinajstić information content (AvgIpc) is 3.41. The Balaban J connectivity index is 1.59. The fraction of sp³-hybridized carbons (Fsp3) is 0.263. The Morgan fingerprint density at radius 1 is 1.16 bits per heavy atom. The number of rotatable bonds is 6. The summed E-state index contributed by atoms with van der Waals surface area (Å²) in [6.07, 6.45) is 1.26. The predicted molar refractivity (Wildman–Crippen MR) is 92.0 cm³/mol. The van der Waals surface area contributed by atoms with Crippen molar-refractivity contribution in [1.29, 1.82) is 0 Å². The highest BCUT2D eigenvalue weighted by Crippen LogP contribution is 2.20. The Morgan fingerprint density at radius 2 is 1.88 bits per heavy atom. The summed E-state index contributed by atoms with van der Waals surface area (Å²) in [4.78, 5) is 24.3. The zero-order valence-electron chi connectivity index (χ0n) is 13.8. The maximum atomic E-state index is 12.9. The zero-order valence-corrected chi connectivity index (χ0v) is 13.8. The molecule has 130 valence electrons. The molecule has 1 aliphatic rings. The fourth-order valence-corrected chi connectivity index (χ4v) is 2.25. The van der Waals surface area contributed by atoms with E-state index in [0.29, 0.717) is 17.0 Å². The monoisotopic (exact) mass is 342 g/mol. The lowest BCUT2D eigenvalue weighted by atomic mass is 10.2. The predicted octanol–water partition coefficient (Wildman–Crippen LogP) is 3.12. The normalized spacial score (nSPS) is 14.5. The molecule has 1 aliphatic carbocycles. The Kier molecular flexibility index (Phi) is 4.97. The molecule has 0 bridgehead atoms. The Morgan fingerprint density at radius 3 is 2.56 bits per heavy atom. The van der Waals surface area contributed by atoms with Gasteiger partial charge in [0.05, 0.1) is 0 Å². The molecule has 0 heterocycles. The quantitative estimate of drug-likeness (QED) is 0.847. The molecule has 6 heteroatoms. The van der Waals surface area contributed by atoms with E-state index < -0.39 is 6.10 Å². The molecule has 2 N–H and O–H groups in total. The molecule has 1 saturated carbocycles. The van der Waals surface area contributed by atoms with Crippen LogP contribution in [0.5, 0.6) is 5.75 Å². The molecule has 0 aromatic heterocycles. The van der Waals surface area contributed by atoms with Crippen molar-refractivity contribution in [3.05, 3.63) is 59.9 Å². The van der Waals surface area contributed by atoms with Gasteiger partial charge in [-0.2, -0.15) is 0 Å². The summed E-state index contributed by atoms with van der Waals surface area (Å²) in [6.45, 7) is 1.60. The Labute approximate surface area is 145 Å². The topological polar surface area (TPSA) is 67.4 Å². The van der Waals surface area contributed by atoms with E-state index in [4.69, 9.17) is 4.74 Å². The van der Waals surface area contributed by atoms with Crippen LogP contribution in [0.15, 0.2) is 48.5 Å². The number of hydrogen-bond acceptors (Lipinski definition) is 3. The van der Waals surface area contributed by atoms with Crippen LogP contribution in [0.4, 0.5) is 10.1 Å². The fourth-order valence-electron chi connectivity index (χ4n) is 2.25. The summed E-state index contributed by atoms with van der Waals surface area (Å²) in [7, 11) is 0. The van der Waals surface area contributed by atoms with E-state index in [1.165, 1.54) is 24.3 Å². The number of halogens is 1. The van der Waals surface area contributed by atoms with E-state index in [0.717, 1.165) is 12.8 Å². The van der Waals surface area contributed by atoms with Crippen LogP contribution in [0, 0.1) is 5.82 Å². The van der Waals surface area contributed by atoms with E-state index in [1.54, 1.807) is 31.2 Å². The molecule has 5 nitrogen and oxygen atoms in total. The lowest BCUT2D eigenvalue weighted by Gasteiger charge is -2.15. The van der Waals surface area contributed by atoms with Gasteiger partial charge in [0.2, 0.25) is 0 Å². The van der Waals surface area contributed by atoms with E-state index >= 15 is 0 Å². The van der Waals surface area contributed by atoms with Crippen molar-refractivity contribution in [2.45, 2.75) is 31.9 Å². The average molecular weight is 342 g/mol. The van der Waals surface area contributed by atoms with Gasteiger partial charge in [-0.25, -0.2) is 4.39 Å². The van der Waals surface area contributed by atoms with Gasteiger partial charge >= 0.3 is 0 Å². The molecule has 25 heavy (non-hydrogen) atoms. The summed E-state index contributed by atoms with van der Waals surface area (Å²) < 4.78 is 18.4. The SMILES string of the molecule is CC(Oc1ccc(F)cc1)C(=O)Nc1cccc(C(=O)NC2CC2)c1. The van der Waals surface area contributed by atoms with Gasteiger partial charge in [-0.15, -0.1) is 0 Å². The van der Waals surface area contributed by atoms with Crippen LogP contribution in [-0.2, 0) is 4.79 Å². The first kappa shape index (κ1) is 17.0. The summed E-state index contributed by atoms with van der Waals surface area (Å²) in [6, 6.07) is 12.5. The highest BCUT2D eigenvalue weighted by atomic mass is 19.1. The minimum Gasteiger partial charge on any atom is -0.481 e. The largest absolute Gasteiger partial charge is 0.481 e. The van der Waals surface area contributed by atoms with Crippen LogP contribution < -0.4 is 15.4 Å². The molecule has 1 atom stereocenters. The number of benzene rings is 2. The molecule has 0 saturated heterocycles. The first-order chi connectivity index (χ1) is 12.0. The van der Waals surface area contributed by atoms with Gasteiger partial charge in [0.1, 0.15) is 11.6 Å². The first-order valence-electron chi connectivity index (χ1n) is 8.15. The second kappa shape index (κ2) is 7.34. The van der Waals surface area contributed by atoms with E-state index in [-0.39, 0.29) is 23.7 Å². The summed E-state index contributed by atoms with van der Waals surface area (Å²) in [5.74, 6) is -0.467. The molecule has 3 rings (SSSR count). The van der Waals surface area contributed by atoms with Crippen LogP contribution in [0.2, 0.25) is 0 Å². The number of amides is 2. The number of carbonyl (C=O) groups excluding carboxylic acids is 2. The third-order valence-electron chi connectivity index (χ3n) is 3.80.